The van der Waals surface area contributed by atoms with E-state index in [9.17, 15) is 5.11 Å². The Balaban J connectivity index is 0.794. The second kappa shape index (κ2) is 32.8. The number of hydrogen-bond acceptors (Lipinski definition) is 18. The van der Waals surface area contributed by atoms with E-state index >= 15 is 0 Å². The number of aliphatic hydroxyl groups is 1. The van der Waals surface area contributed by atoms with Crippen LogP contribution >= 0.6 is 0 Å². The van der Waals surface area contributed by atoms with E-state index in [1.165, 1.54) is 28.0 Å². The topological polar surface area (TPSA) is 180 Å². The lowest BCUT2D eigenvalue weighted by Gasteiger charge is -2.29. The van der Waals surface area contributed by atoms with Gasteiger partial charge in [0.2, 0.25) is 6.41 Å². The summed E-state index contributed by atoms with van der Waals surface area (Å²) in [5, 5.41) is 16.7. The van der Waals surface area contributed by atoms with Crippen LogP contribution in [0.4, 0.5) is 0 Å². The molecule has 0 radical (unpaired) electrons. The Morgan fingerprint density at radius 3 is 1.43 bits per heavy atom. The van der Waals surface area contributed by atoms with Gasteiger partial charge in [-0.2, -0.15) is 0 Å². The molecule has 5 atom stereocenters. The molecule has 1 saturated carbocycles. The van der Waals surface area contributed by atoms with E-state index < -0.39 is 6.41 Å². The van der Waals surface area contributed by atoms with Gasteiger partial charge in [0, 0.05) is 67.5 Å². The van der Waals surface area contributed by atoms with Gasteiger partial charge >= 0.3 is 0 Å². The molecule has 1 fully saturated rings. The van der Waals surface area contributed by atoms with Gasteiger partial charge in [0.05, 0.1) is 82.5 Å². The fraction of sp³-hybridized carbons (Fsp3) is 0.377. The average Bonchev–Trinajstić information content (AvgIpc) is 1.13. The molecule has 18 heteroatoms. The van der Waals surface area contributed by atoms with Gasteiger partial charge in [-0.25, -0.2) is 0 Å². The number of hydrogen-bond donors (Lipinski definition) is 2. The van der Waals surface area contributed by atoms with Gasteiger partial charge in [0.15, 0.2) is 0 Å². The minimum absolute atomic E-state index is 0.135. The van der Waals surface area contributed by atoms with Gasteiger partial charge in [0.25, 0.3) is 0 Å². The van der Waals surface area contributed by atoms with Crippen molar-refractivity contribution in [2.24, 2.45) is 17.8 Å². The number of fused-ring (bicyclic) bond motifs is 3. The van der Waals surface area contributed by atoms with E-state index in [1.54, 1.807) is 56.9 Å². The molecule has 7 aromatic carbocycles. The van der Waals surface area contributed by atoms with Crippen molar-refractivity contribution in [3.63, 3.8) is 0 Å². The fourth-order valence-electron chi connectivity index (χ4n) is 12.1. The molecular formula is C77H87NO17. The lowest BCUT2D eigenvalue weighted by Crippen LogP contribution is -2.36. The number of allylic oxidation sites excluding steroid dienone is 1. The Hall–Kier alpha value is -9.20. The van der Waals surface area contributed by atoms with Crippen LogP contribution in [-0.2, 0) is 60.3 Å². The minimum Gasteiger partial charge on any atom is -0.497 e. The number of aryl methyl sites for hydroxylation is 1. The highest BCUT2D eigenvalue weighted by Crippen LogP contribution is 2.43. The van der Waals surface area contributed by atoms with Gasteiger partial charge in [-0.15, -0.1) is 0 Å². The van der Waals surface area contributed by atoms with Crippen molar-refractivity contribution in [2.75, 3.05) is 76.6 Å². The van der Waals surface area contributed by atoms with E-state index in [4.69, 9.17) is 75.8 Å². The van der Waals surface area contributed by atoms with Crippen molar-refractivity contribution >= 4 is 18.2 Å². The highest BCUT2D eigenvalue weighted by molar-refractivity contribution is 5.64. The monoisotopic (exact) mass is 1300 g/mol. The highest BCUT2D eigenvalue weighted by Gasteiger charge is 2.35. The third-order valence-corrected chi connectivity index (χ3v) is 17.1. The predicted molar refractivity (Wildman–Crippen MR) is 361 cm³/mol. The number of ether oxygens (including phenoxy) is 16. The van der Waals surface area contributed by atoms with E-state index in [2.05, 4.69) is 41.8 Å². The first-order valence-electron chi connectivity index (χ1n) is 32.3. The summed E-state index contributed by atoms with van der Waals surface area (Å²) in [4.78, 5) is 0. The molecule has 2 N–H and O–H groups in total. The third-order valence-electron chi connectivity index (χ3n) is 17.1. The van der Waals surface area contributed by atoms with Gasteiger partial charge in [-0.3, -0.25) is 5.32 Å². The molecule has 5 unspecified atom stereocenters. The molecule has 0 heterocycles. The molecule has 0 saturated heterocycles. The molecular weight excluding hydrogens is 1210 g/mol. The van der Waals surface area contributed by atoms with Crippen LogP contribution in [0.15, 0.2) is 133 Å². The van der Waals surface area contributed by atoms with Gasteiger partial charge < -0.3 is 80.9 Å². The summed E-state index contributed by atoms with van der Waals surface area (Å²) in [6.07, 6.45) is 15.9. The maximum absolute atomic E-state index is 11.0. The molecule has 502 valence electrons. The van der Waals surface area contributed by atoms with Gasteiger partial charge in [-0.1, -0.05) is 30.4 Å². The molecule has 0 spiro atoms. The Morgan fingerprint density at radius 2 is 0.905 bits per heavy atom. The second-order valence-corrected chi connectivity index (χ2v) is 24.0. The maximum atomic E-state index is 11.0. The first kappa shape index (κ1) is 67.2. The maximum Gasteiger partial charge on any atom is 0.213 e. The summed E-state index contributed by atoms with van der Waals surface area (Å²) in [5.41, 5.74) is 7.97. The van der Waals surface area contributed by atoms with Crippen LogP contribution in [0.25, 0.3) is 18.2 Å². The first-order valence-corrected chi connectivity index (χ1v) is 32.3. The van der Waals surface area contributed by atoms with Crippen molar-refractivity contribution in [3.05, 3.63) is 188 Å². The van der Waals surface area contributed by atoms with E-state index in [0.717, 1.165) is 64.8 Å². The standard InChI is InChI=1S/C77H87NO17/c1-80-59-17-50(18-60(33-59)81-2)43-89-69-25-53(26-70(40-69)90-44-51-19-61(82-3)34-62(20-51)83-4)46-91-67-23-49(42-88-16-12-11-15-78-77(79)94-48-76-74-14-10-9-13-55(74)29-58-31-56-30-57(56)32-75(58)76)24-68(39-67)92-47-54-27-71(93-45-52-21-63(84-5)35-64(22-52)85-6)41-72(28-54)95-73-37-65(86-7)36-66(38-73)87-8/h10,14,17-27,29,31-40,54,56-57,72,77-79H,9,11-13,15-16,28,30,41-48H2,1-8H3. The quantitative estimate of drug-likeness (QED) is 0.0279. The molecule has 0 aliphatic heterocycles. The lowest BCUT2D eigenvalue weighted by molar-refractivity contribution is -0.128. The van der Waals surface area contributed by atoms with Crippen molar-refractivity contribution in [1.82, 2.24) is 5.32 Å². The average molecular weight is 1300 g/mol. The summed E-state index contributed by atoms with van der Waals surface area (Å²) in [6.45, 7) is 2.77. The molecule has 0 bridgehead atoms. The van der Waals surface area contributed by atoms with Crippen LogP contribution in [0.1, 0.15) is 83.0 Å². The number of aliphatic hydroxyl groups excluding tert-OH is 1. The number of unbranched alkanes of at least 4 members (excludes halogenated alkanes) is 1. The zero-order valence-corrected chi connectivity index (χ0v) is 55.5. The zero-order chi connectivity index (χ0) is 66.0. The summed E-state index contributed by atoms with van der Waals surface area (Å²) in [7, 11) is 12.9. The third kappa shape index (κ3) is 18.8. The van der Waals surface area contributed by atoms with E-state index in [0.29, 0.717) is 119 Å². The predicted octanol–water partition coefficient (Wildman–Crippen LogP) is 12.4. The smallest absolute Gasteiger partial charge is 0.213 e. The summed E-state index contributed by atoms with van der Waals surface area (Å²) in [6, 6.07) is 36.4. The molecule has 0 aromatic heterocycles. The lowest BCUT2D eigenvalue weighted by atomic mass is 9.89. The van der Waals surface area contributed by atoms with Crippen molar-refractivity contribution in [3.8, 4) is 74.7 Å². The number of methoxy groups -OCH3 is 8. The van der Waals surface area contributed by atoms with Crippen LogP contribution in [0.2, 0.25) is 0 Å². The van der Waals surface area contributed by atoms with Crippen LogP contribution in [0, 0.1) is 17.8 Å². The number of nitrogens with one attached hydrogen (secondary N) is 1. The van der Waals surface area contributed by atoms with E-state index in [1.807, 2.05) is 109 Å². The molecule has 95 heavy (non-hydrogen) atoms. The SMILES string of the molecule is COc1cc(COC2=CC(COc3cc(COCCCCNC(O)OCc4c5c(cc6c4=CC4CC4C=6)CCC=C5)cc(OCc4cc(OCc5cc(OC)cc(OC)c5)cc(OCc5cc(OC)cc(OC)c5)c4)c3)CC(Oc3cc(OC)cc(OC)c3)C2)cc(OC)c1. The summed E-state index contributed by atoms with van der Waals surface area (Å²) < 4.78 is 96.6. The zero-order valence-electron chi connectivity index (χ0n) is 55.5. The van der Waals surface area contributed by atoms with Crippen LogP contribution in [-0.4, -0.2) is 94.3 Å². The molecule has 0 amide bonds. The second-order valence-electron chi connectivity index (χ2n) is 24.0. The molecule has 11 rings (SSSR count). The summed E-state index contributed by atoms with van der Waals surface area (Å²) >= 11 is 0. The summed E-state index contributed by atoms with van der Waals surface area (Å²) in [5.74, 6) is 9.90. The van der Waals surface area contributed by atoms with Gasteiger partial charge in [0.1, 0.15) is 107 Å². The van der Waals surface area contributed by atoms with Crippen LogP contribution in [0.3, 0.4) is 0 Å². The Morgan fingerprint density at radius 1 is 0.453 bits per heavy atom. The fourth-order valence-corrected chi connectivity index (χ4v) is 12.1. The Kier molecular flexibility index (Phi) is 23.2. The normalized spacial score (nSPS) is 16.8. The van der Waals surface area contributed by atoms with Crippen LogP contribution < -0.4 is 77.3 Å². The highest BCUT2D eigenvalue weighted by atomic mass is 16.6. The minimum atomic E-state index is -1.11. The number of rotatable bonds is 36. The Labute approximate surface area is 556 Å². The van der Waals surface area contributed by atoms with Crippen molar-refractivity contribution < 1.29 is 80.9 Å². The molecule has 4 aliphatic carbocycles. The van der Waals surface area contributed by atoms with Crippen LogP contribution in [0.5, 0.6) is 74.7 Å². The van der Waals surface area contributed by atoms with Crippen molar-refractivity contribution in [1.29, 1.82) is 0 Å². The molecule has 18 nitrogen and oxygen atoms in total. The molecule has 7 aromatic rings. The number of benzene rings is 7. The first-order chi connectivity index (χ1) is 46.4. The van der Waals surface area contributed by atoms with E-state index in [-0.39, 0.29) is 51.7 Å². The van der Waals surface area contributed by atoms with Crippen molar-refractivity contribution in [2.45, 2.75) is 97.1 Å². The largest absolute Gasteiger partial charge is 0.497 e. The molecule has 4 aliphatic rings. The van der Waals surface area contributed by atoms with Gasteiger partial charge in [-0.05, 0) is 179 Å². The Bertz CT molecular complexity index is 3770.